The second-order valence-electron chi connectivity index (χ2n) is 7.33. The van der Waals surface area contributed by atoms with E-state index in [0.29, 0.717) is 18.0 Å². The zero-order valence-corrected chi connectivity index (χ0v) is 16.4. The van der Waals surface area contributed by atoms with Crippen LogP contribution < -0.4 is 15.5 Å². The molecule has 1 aliphatic rings. The molecule has 3 rings (SSSR count). The van der Waals surface area contributed by atoms with Crippen molar-refractivity contribution >= 4 is 34.3 Å². The molecule has 2 heterocycles. The minimum atomic E-state index is -0.575. The molecule has 0 aliphatic carbocycles. The molecule has 0 bridgehead atoms. The number of para-hydroxylation sites is 1. The van der Waals surface area contributed by atoms with E-state index in [2.05, 4.69) is 20.2 Å². The first-order chi connectivity index (χ1) is 12.8. The fourth-order valence-electron chi connectivity index (χ4n) is 2.90. The SMILES string of the molecule is CC(C)(C)OC(=O)NC1CCc2ccccc2N(C(=O)Nc2cnns2)C1. The minimum Gasteiger partial charge on any atom is -0.444 e. The largest absolute Gasteiger partial charge is 0.444 e. The van der Waals surface area contributed by atoms with Crippen molar-refractivity contribution in [1.29, 1.82) is 0 Å². The monoisotopic (exact) mass is 389 g/mol. The third kappa shape index (κ3) is 5.16. The summed E-state index contributed by atoms with van der Waals surface area (Å²) in [5.41, 5.74) is 1.32. The molecular weight excluding hydrogens is 366 g/mol. The number of carbonyl (C=O) groups excluding carboxylic acids is 2. The molecule has 2 N–H and O–H groups in total. The van der Waals surface area contributed by atoms with Gasteiger partial charge in [0.15, 0.2) is 0 Å². The number of carbonyl (C=O) groups is 2. The van der Waals surface area contributed by atoms with E-state index in [-0.39, 0.29) is 12.1 Å². The van der Waals surface area contributed by atoms with Gasteiger partial charge in [-0.2, -0.15) is 0 Å². The lowest BCUT2D eigenvalue weighted by atomic mass is 10.1. The van der Waals surface area contributed by atoms with Crippen LogP contribution in [0.3, 0.4) is 0 Å². The molecular formula is C18H23N5O3S. The molecule has 1 aromatic carbocycles. The number of alkyl carbamates (subject to hydrolysis) is 1. The number of hydrogen-bond acceptors (Lipinski definition) is 6. The highest BCUT2D eigenvalue weighted by Gasteiger charge is 2.28. The lowest BCUT2D eigenvalue weighted by Gasteiger charge is -2.27. The first-order valence-electron chi connectivity index (χ1n) is 8.75. The molecule has 9 heteroatoms. The van der Waals surface area contributed by atoms with E-state index in [1.54, 1.807) is 4.90 Å². The molecule has 144 valence electrons. The molecule has 27 heavy (non-hydrogen) atoms. The number of benzene rings is 1. The lowest BCUT2D eigenvalue weighted by molar-refractivity contribution is 0.0504. The number of rotatable bonds is 2. The highest BCUT2D eigenvalue weighted by Crippen LogP contribution is 2.27. The van der Waals surface area contributed by atoms with Crippen molar-refractivity contribution in [2.45, 2.75) is 45.3 Å². The summed E-state index contributed by atoms with van der Waals surface area (Å²) in [6.07, 6.45) is 2.48. The van der Waals surface area contributed by atoms with Crippen LogP contribution in [0.4, 0.5) is 20.3 Å². The highest BCUT2D eigenvalue weighted by molar-refractivity contribution is 7.10. The van der Waals surface area contributed by atoms with Crippen LogP contribution in [0.5, 0.6) is 0 Å². The van der Waals surface area contributed by atoms with Gasteiger partial charge in [-0.3, -0.25) is 10.2 Å². The smallest absolute Gasteiger partial charge is 0.407 e. The van der Waals surface area contributed by atoms with Crippen molar-refractivity contribution < 1.29 is 14.3 Å². The van der Waals surface area contributed by atoms with Crippen LogP contribution >= 0.6 is 11.5 Å². The summed E-state index contributed by atoms with van der Waals surface area (Å²) in [5, 5.41) is 10.00. The zero-order chi connectivity index (χ0) is 19.4. The van der Waals surface area contributed by atoms with E-state index < -0.39 is 11.7 Å². The van der Waals surface area contributed by atoms with Gasteiger partial charge < -0.3 is 10.1 Å². The maximum absolute atomic E-state index is 12.9. The summed E-state index contributed by atoms with van der Waals surface area (Å²) in [4.78, 5) is 26.7. The zero-order valence-electron chi connectivity index (χ0n) is 15.6. The van der Waals surface area contributed by atoms with Gasteiger partial charge in [-0.25, -0.2) is 9.59 Å². The maximum atomic E-state index is 12.9. The Kier molecular flexibility index (Phi) is 5.59. The predicted molar refractivity (Wildman–Crippen MR) is 104 cm³/mol. The molecule has 1 atom stereocenters. The summed E-state index contributed by atoms with van der Waals surface area (Å²) >= 11 is 1.11. The van der Waals surface area contributed by atoms with Gasteiger partial charge in [0.1, 0.15) is 10.6 Å². The van der Waals surface area contributed by atoms with Gasteiger partial charge in [0, 0.05) is 23.8 Å². The van der Waals surface area contributed by atoms with Crippen LogP contribution in [0.25, 0.3) is 0 Å². The van der Waals surface area contributed by atoms with Gasteiger partial charge in [0.05, 0.1) is 12.2 Å². The minimum absolute atomic E-state index is 0.224. The molecule has 3 amide bonds. The van der Waals surface area contributed by atoms with E-state index in [4.69, 9.17) is 4.74 Å². The van der Waals surface area contributed by atoms with Crippen molar-refractivity contribution in [2.24, 2.45) is 0 Å². The van der Waals surface area contributed by atoms with Crippen LogP contribution in [0.1, 0.15) is 32.8 Å². The van der Waals surface area contributed by atoms with Crippen molar-refractivity contribution in [2.75, 3.05) is 16.8 Å². The molecule has 2 aromatic rings. The second-order valence-corrected chi connectivity index (χ2v) is 8.12. The summed E-state index contributed by atoms with van der Waals surface area (Å²) in [7, 11) is 0. The van der Waals surface area contributed by atoms with E-state index in [0.717, 1.165) is 29.2 Å². The number of ether oxygens (including phenoxy) is 1. The Morgan fingerprint density at radius 1 is 1.30 bits per heavy atom. The van der Waals surface area contributed by atoms with Crippen molar-refractivity contribution in [3.8, 4) is 0 Å². The van der Waals surface area contributed by atoms with Gasteiger partial charge >= 0.3 is 12.1 Å². The molecule has 0 fully saturated rings. The molecule has 1 aromatic heterocycles. The number of fused-ring (bicyclic) bond motifs is 1. The normalized spacial score (nSPS) is 16.9. The number of aromatic nitrogens is 2. The van der Waals surface area contributed by atoms with E-state index in [1.165, 1.54) is 6.20 Å². The number of urea groups is 1. The average molecular weight is 389 g/mol. The number of anilines is 2. The Morgan fingerprint density at radius 3 is 2.78 bits per heavy atom. The Morgan fingerprint density at radius 2 is 2.07 bits per heavy atom. The van der Waals surface area contributed by atoms with Crippen LogP contribution in [0, 0.1) is 0 Å². The fourth-order valence-corrected chi connectivity index (χ4v) is 3.31. The Hall–Kier alpha value is -2.68. The third-order valence-corrected chi connectivity index (χ3v) is 4.59. The topological polar surface area (TPSA) is 96.5 Å². The molecule has 1 aliphatic heterocycles. The summed E-state index contributed by atoms with van der Waals surface area (Å²) in [6, 6.07) is 7.25. The van der Waals surface area contributed by atoms with Gasteiger partial charge in [0.25, 0.3) is 0 Å². The Balaban J connectivity index is 1.77. The molecule has 0 saturated carbocycles. The third-order valence-electron chi connectivity index (χ3n) is 4.00. The van der Waals surface area contributed by atoms with Crippen molar-refractivity contribution in [1.82, 2.24) is 14.9 Å². The van der Waals surface area contributed by atoms with Crippen LogP contribution in [-0.4, -0.2) is 39.9 Å². The summed E-state index contributed by atoms with van der Waals surface area (Å²) in [5.74, 6) is 0. The summed E-state index contributed by atoms with van der Waals surface area (Å²) in [6.45, 7) is 5.80. The second kappa shape index (κ2) is 7.91. The number of nitrogens with one attached hydrogen (secondary N) is 2. The molecule has 1 unspecified atom stereocenters. The van der Waals surface area contributed by atoms with Crippen LogP contribution in [-0.2, 0) is 11.2 Å². The number of nitrogens with zero attached hydrogens (tertiary/aromatic N) is 3. The Labute approximate surface area is 162 Å². The quantitative estimate of drug-likeness (QED) is 0.820. The Bertz CT molecular complexity index is 804. The van der Waals surface area contributed by atoms with Crippen LogP contribution in [0.2, 0.25) is 0 Å². The highest BCUT2D eigenvalue weighted by atomic mass is 32.1. The van der Waals surface area contributed by atoms with Crippen molar-refractivity contribution in [3.63, 3.8) is 0 Å². The number of aryl methyl sites for hydroxylation is 1. The molecule has 0 spiro atoms. The van der Waals surface area contributed by atoms with Gasteiger partial charge in [-0.05, 0) is 45.2 Å². The summed E-state index contributed by atoms with van der Waals surface area (Å²) < 4.78 is 9.11. The number of amides is 3. The predicted octanol–water partition coefficient (Wildman–Crippen LogP) is 3.42. The van der Waals surface area contributed by atoms with Gasteiger partial charge in [0.2, 0.25) is 0 Å². The van der Waals surface area contributed by atoms with E-state index in [9.17, 15) is 9.59 Å². The first-order valence-corrected chi connectivity index (χ1v) is 9.52. The molecule has 0 saturated heterocycles. The molecule has 0 radical (unpaired) electrons. The standard InChI is InChI=1S/C18H23N5O3S/c1-18(2,3)26-17(25)20-13-9-8-12-6-4-5-7-14(12)23(11-13)16(24)21-15-10-19-22-27-15/h4-7,10,13H,8-9,11H2,1-3H3,(H,20,25)(H,21,24). The number of hydrogen-bond donors (Lipinski definition) is 2. The van der Waals surface area contributed by atoms with Gasteiger partial charge in [-0.1, -0.05) is 22.7 Å². The van der Waals surface area contributed by atoms with Crippen molar-refractivity contribution in [3.05, 3.63) is 36.0 Å². The van der Waals surface area contributed by atoms with Gasteiger partial charge in [-0.15, -0.1) is 5.10 Å². The maximum Gasteiger partial charge on any atom is 0.407 e. The van der Waals surface area contributed by atoms with E-state index in [1.807, 2.05) is 45.0 Å². The average Bonchev–Trinajstić information content (AvgIpc) is 3.01. The van der Waals surface area contributed by atoms with Crippen LogP contribution in [0.15, 0.2) is 30.5 Å². The first kappa shape index (κ1) is 19.1. The lowest BCUT2D eigenvalue weighted by Crippen LogP contribution is -2.47. The van der Waals surface area contributed by atoms with E-state index >= 15 is 0 Å². The fraction of sp³-hybridized carbons (Fsp3) is 0.444. The molecule has 8 nitrogen and oxygen atoms in total.